The quantitative estimate of drug-likeness (QED) is 0.784. The van der Waals surface area contributed by atoms with E-state index in [4.69, 9.17) is 9.47 Å². The van der Waals surface area contributed by atoms with Crippen LogP contribution in [0.2, 0.25) is 0 Å². The molecule has 1 aromatic carbocycles. The van der Waals surface area contributed by atoms with Crippen molar-refractivity contribution in [2.24, 2.45) is 0 Å². The first kappa shape index (κ1) is 12.7. The van der Waals surface area contributed by atoms with Crippen molar-refractivity contribution < 1.29 is 27.4 Å². The van der Waals surface area contributed by atoms with Gasteiger partial charge in [-0.25, -0.2) is 0 Å². The van der Waals surface area contributed by atoms with Gasteiger partial charge in [-0.3, -0.25) is 0 Å². The molecule has 0 radical (unpaired) electrons. The van der Waals surface area contributed by atoms with Crippen LogP contribution < -0.4 is 9.47 Å². The predicted octanol–water partition coefficient (Wildman–Crippen LogP) is 2.61. The number of benzene rings is 1. The Kier molecular flexibility index (Phi) is 3.45. The molecule has 0 saturated carbocycles. The van der Waals surface area contributed by atoms with Gasteiger partial charge >= 0.3 is 6.18 Å². The molecule has 0 fully saturated rings. The van der Waals surface area contributed by atoms with Crippen molar-refractivity contribution in [3.05, 3.63) is 23.3 Å². The number of rotatable bonds is 3. The van der Waals surface area contributed by atoms with Gasteiger partial charge in [-0.1, -0.05) is 0 Å². The van der Waals surface area contributed by atoms with Crippen LogP contribution in [0.3, 0.4) is 0 Å². The average Bonchev–Trinajstić information content (AvgIpc) is 2.34. The van der Waals surface area contributed by atoms with Crippen molar-refractivity contribution in [3.8, 4) is 11.5 Å². The van der Waals surface area contributed by atoms with Gasteiger partial charge in [0.2, 0.25) is 0 Å². The van der Waals surface area contributed by atoms with E-state index < -0.39 is 11.7 Å². The topological polar surface area (TPSA) is 35.5 Å². The summed E-state index contributed by atoms with van der Waals surface area (Å²) >= 11 is 0. The Morgan fingerprint density at radius 1 is 1.22 bits per heavy atom. The molecule has 98 valence electrons. The smallest absolute Gasteiger partial charge is 0.416 e. The predicted molar refractivity (Wildman–Crippen MR) is 56.8 cm³/mol. The minimum Gasteiger partial charge on any atom is -0.486 e. The van der Waals surface area contributed by atoms with Crippen LogP contribution in [-0.2, 0) is 17.4 Å². The molecular weight excluding hydrogens is 249 g/mol. The van der Waals surface area contributed by atoms with Gasteiger partial charge in [-0.2, -0.15) is 13.2 Å². The number of alkyl halides is 3. The molecule has 3 nitrogen and oxygen atoms in total. The second-order valence-corrected chi connectivity index (χ2v) is 3.82. The van der Waals surface area contributed by atoms with Crippen LogP contribution in [-0.4, -0.2) is 19.5 Å². The Morgan fingerprint density at radius 2 is 1.94 bits per heavy atom. The number of hydrogen-bond donors (Lipinski definition) is 0. The van der Waals surface area contributed by atoms with Crippen LogP contribution in [0.25, 0.3) is 0 Å². The zero-order chi connectivity index (χ0) is 13.2. The SMILES string of the molecule is O=CCCc1c(C(F)(F)F)ccc2c1OCCO2. The minimum atomic E-state index is -4.46. The van der Waals surface area contributed by atoms with Crippen molar-refractivity contribution >= 4 is 6.29 Å². The van der Waals surface area contributed by atoms with Crippen molar-refractivity contribution in [1.82, 2.24) is 0 Å². The molecule has 0 spiro atoms. The maximum absolute atomic E-state index is 12.9. The van der Waals surface area contributed by atoms with Crippen molar-refractivity contribution in [2.75, 3.05) is 13.2 Å². The van der Waals surface area contributed by atoms with E-state index in [1.54, 1.807) is 0 Å². The van der Waals surface area contributed by atoms with Gasteiger partial charge in [0.25, 0.3) is 0 Å². The van der Waals surface area contributed by atoms with Gasteiger partial charge in [-0.15, -0.1) is 0 Å². The molecule has 0 N–H and O–H groups in total. The van der Waals surface area contributed by atoms with Crippen molar-refractivity contribution in [1.29, 1.82) is 0 Å². The van der Waals surface area contributed by atoms with Crippen molar-refractivity contribution in [2.45, 2.75) is 19.0 Å². The summed E-state index contributed by atoms with van der Waals surface area (Å²) in [6.45, 7) is 0.522. The molecular formula is C12H11F3O3. The Bertz CT molecular complexity index is 455. The van der Waals surface area contributed by atoms with Crippen molar-refractivity contribution in [3.63, 3.8) is 0 Å². The third kappa shape index (κ3) is 2.42. The van der Waals surface area contributed by atoms with Gasteiger partial charge in [0.05, 0.1) is 5.56 Å². The second-order valence-electron chi connectivity index (χ2n) is 3.82. The second kappa shape index (κ2) is 4.88. The van der Waals surface area contributed by atoms with E-state index in [0.717, 1.165) is 6.07 Å². The van der Waals surface area contributed by atoms with Crippen LogP contribution in [0.5, 0.6) is 11.5 Å². The third-order valence-electron chi connectivity index (χ3n) is 2.63. The number of aldehydes is 1. The van der Waals surface area contributed by atoms with Crippen LogP contribution in [0.4, 0.5) is 13.2 Å². The summed E-state index contributed by atoms with van der Waals surface area (Å²) in [5.74, 6) is 0.410. The molecule has 0 bridgehead atoms. The number of ether oxygens (including phenoxy) is 2. The summed E-state index contributed by atoms with van der Waals surface area (Å²) in [5.41, 5.74) is -0.777. The molecule has 1 aliphatic rings. The monoisotopic (exact) mass is 260 g/mol. The Labute approximate surface area is 102 Å². The van der Waals surface area contributed by atoms with Gasteiger partial charge in [0.1, 0.15) is 19.5 Å². The zero-order valence-corrected chi connectivity index (χ0v) is 9.42. The van der Waals surface area contributed by atoms with E-state index in [1.165, 1.54) is 6.07 Å². The van der Waals surface area contributed by atoms with E-state index in [9.17, 15) is 18.0 Å². The fourth-order valence-corrected chi connectivity index (χ4v) is 1.89. The molecule has 18 heavy (non-hydrogen) atoms. The molecule has 0 unspecified atom stereocenters. The Hall–Kier alpha value is -1.72. The normalized spacial score (nSPS) is 14.4. The standard InChI is InChI=1S/C12H11F3O3/c13-12(14,15)9-3-4-10-11(18-7-6-17-10)8(9)2-1-5-16/h3-5H,1-2,6-7H2. The number of halogens is 3. The zero-order valence-electron chi connectivity index (χ0n) is 9.42. The number of carbonyl (C=O) groups excluding carboxylic acids is 1. The van der Waals surface area contributed by atoms with E-state index in [1.807, 2.05) is 0 Å². The van der Waals surface area contributed by atoms with Gasteiger partial charge in [0.15, 0.2) is 11.5 Å². The molecule has 2 rings (SSSR count). The Morgan fingerprint density at radius 3 is 2.61 bits per heavy atom. The largest absolute Gasteiger partial charge is 0.486 e. The fraction of sp³-hybridized carbons (Fsp3) is 0.417. The number of carbonyl (C=O) groups is 1. The number of hydrogen-bond acceptors (Lipinski definition) is 3. The fourth-order valence-electron chi connectivity index (χ4n) is 1.89. The molecule has 0 amide bonds. The highest BCUT2D eigenvalue weighted by Gasteiger charge is 2.36. The third-order valence-corrected chi connectivity index (χ3v) is 2.63. The lowest BCUT2D eigenvalue weighted by Gasteiger charge is -2.23. The highest BCUT2D eigenvalue weighted by Crippen LogP contribution is 2.42. The van der Waals surface area contributed by atoms with Gasteiger partial charge in [-0.05, 0) is 18.6 Å². The molecule has 0 atom stereocenters. The summed E-state index contributed by atoms with van der Waals surface area (Å²) in [7, 11) is 0. The lowest BCUT2D eigenvalue weighted by Crippen LogP contribution is -2.19. The summed E-state index contributed by atoms with van der Waals surface area (Å²) in [6.07, 6.45) is -3.87. The first-order valence-corrected chi connectivity index (χ1v) is 5.46. The summed E-state index contributed by atoms with van der Waals surface area (Å²) < 4.78 is 49.1. The number of fused-ring (bicyclic) bond motifs is 1. The lowest BCUT2D eigenvalue weighted by molar-refractivity contribution is -0.138. The molecule has 0 aliphatic carbocycles. The maximum atomic E-state index is 12.9. The maximum Gasteiger partial charge on any atom is 0.416 e. The minimum absolute atomic E-state index is 0.00759. The highest BCUT2D eigenvalue weighted by atomic mass is 19.4. The van der Waals surface area contributed by atoms with E-state index in [-0.39, 0.29) is 30.8 Å². The Balaban J connectivity index is 2.49. The van der Waals surface area contributed by atoms with E-state index >= 15 is 0 Å². The van der Waals surface area contributed by atoms with Crippen LogP contribution in [0.1, 0.15) is 17.5 Å². The highest BCUT2D eigenvalue weighted by molar-refractivity contribution is 5.56. The molecule has 0 aromatic heterocycles. The average molecular weight is 260 g/mol. The molecule has 1 aromatic rings. The van der Waals surface area contributed by atoms with Gasteiger partial charge < -0.3 is 14.3 Å². The molecule has 0 saturated heterocycles. The van der Waals surface area contributed by atoms with Gasteiger partial charge in [0, 0.05) is 12.0 Å². The lowest BCUT2D eigenvalue weighted by atomic mass is 10.0. The van der Waals surface area contributed by atoms with Crippen LogP contribution >= 0.6 is 0 Å². The molecule has 1 aliphatic heterocycles. The van der Waals surface area contributed by atoms with Crippen LogP contribution in [0, 0.1) is 0 Å². The summed E-state index contributed by atoms with van der Waals surface area (Å²) in [5, 5.41) is 0. The summed E-state index contributed by atoms with van der Waals surface area (Å²) in [4.78, 5) is 10.4. The van der Waals surface area contributed by atoms with E-state index in [2.05, 4.69) is 0 Å². The van der Waals surface area contributed by atoms with E-state index in [0.29, 0.717) is 18.6 Å². The summed E-state index contributed by atoms with van der Waals surface area (Å²) in [6, 6.07) is 2.22. The van der Waals surface area contributed by atoms with Crippen LogP contribution in [0.15, 0.2) is 12.1 Å². The first-order valence-electron chi connectivity index (χ1n) is 5.46. The molecule has 1 heterocycles. The first-order chi connectivity index (χ1) is 8.54. The molecule has 6 heteroatoms.